The zero-order valence-electron chi connectivity index (χ0n) is 21.9. The first-order valence-electron chi connectivity index (χ1n) is 12.3. The molecule has 4 rings (SSSR count). The van der Waals surface area contributed by atoms with Crippen LogP contribution in [0.15, 0.2) is 76.2 Å². The smallest absolute Gasteiger partial charge is 0.338 e. The number of carbonyl (C=O) groups excluding carboxylic acids is 1. The summed E-state index contributed by atoms with van der Waals surface area (Å²) in [5.74, 6) is 1.21. The molecule has 0 radical (unpaired) electrons. The standard InChI is InChI=1S/C29H30N2O6S/c1-6-14-37-22-13-12-20(17-23(22)35-7-2)26-25(28(33)36-8-3)18(4)30-29-31(26)27(32)24(38-29)16-19-10-9-11-21(15-19)34-5/h6,9-13,15-17,26H,1,7-8,14H2,2-5H3/b24-16-. The van der Waals surface area contributed by atoms with E-state index in [2.05, 4.69) is 11.6 Å². The number of allylic oxidation sites excluding steroid dienone is 1. The maximum atomic E-state index is 13.8. The van der Waals surface area contributed by atoms with E-state index in [1.807, 2.05) is 37.3 Å². The van der Waals surface area contributed by atoms with Crippen LogP contribution in [0.1, 0.15) is 37.9 Å². The van der Waals surface area contributed by atoms with Gasteiger partial charge >= 0.3 is 5.97 Å². The fraction of sp³-hybridized carbons (Fsp3) is 0.276. The summed E-state index contributed by atoms with van der Waals surface area (Å²) in [7, 11) is 1.59. The van der Waals surface area contributed by atoms with Crippen molar-refractivity contribution >= 4 is 23.4 Å². The molecule has 1 unspecified atom stereocenters. The lowest BCUT2D eigenvalue weighted by Crippen LogP contribution is -2.40. The normalized spacial score (nSPS) is 14.9. The first kappa shape index (κ1) is 26.9. The third-order valence-electron chi connectivity index (χ3n) is 5.85. The average Bonchev–Trinajstić information content (AvgIpc) is 3.21. The molecular weight excluding hydrogens is 504 g/mol. The van der Waals surface area contributed by atoms with E-state index in [0.29, 0.717) is 56.6 Å². The third kappa shape index (κ3) is 5.43. The maximum Gasteiger partial charge on any atom is 0.338 e. The van der Waals surface area contributed by atoms with Crippen molar-refractivity contribution in [3.05, 3.63) is 97.2 Å². The Morgan fingerprint density at radius 3 is 2.66 bits per heavy atom. The van der Waals surface area contributed by atoms with Crippen molar-refractivity contribution in [2.75, 3.05) is 26.9 Å². The molecule has 38 heavy (non-hydrogen) atoms. The lowest BCUT2D eigenvalue weighted by Gasteiger charge is -2.25. The second-order valence-electron chi connectivity index (χ2n) is 8.32. The van der Waals surface area contributed by atoms with Gasteiger partial charge in [0.25, 0.3) is 5.56 Å². The Bertz CT molecular complexity index is 1570. The average molecular weight is 535 g/mol. The number of esters is 1. The van der Waals surface area contributed by atoms with Gasteiger partial charge in [-0.05, 0) is 62.2 Å². The molecule has 3 aromatic rings. The Kier molecular flexibility index (Phi) is 8.48. The molecular formula is C29H30N2O6S. The number of hydrogen-bond donors (Lipinski definition) is 0. The summed E-state index contributed by atoms with van der Waals surface area (Å²) in [6.07, 6.45) is 3.44. The molecule has 0 spiro atoms. The number of rotatable bonds is 10. The van der Waals surface area contributed by atoms with E-state index in [1.54, 1.807) is 49.8 Å². The van der Waals surface area contributed by atoms with Crippen LogP contribution in [-0.2, 0) is 9.53 Å². The Labute approximate surface area is 224 Å². The molecule has 0 N–H and O–H groups in total. The minimum Gasteiger partial charge on any atom is -0.497 e. The fourth-order valence-electron chi connectivity index (χ4n) is 4.22. The largest absolute Gasteiger partial charge is 0.497 e. The molecule has 9 heteroatoms. The molecule has 1 atom stereocenters. The summed E-state index contributed by atoms with van der Waals surface area (Å²) in [6, 6.07) is 12.1. The zero-order chi connectivity index (χ0) is 27.2. The van der Waals surface area contributed by atoms with Crippen LogP contribution in [0.2, 0.25) is 0 Å². The summed E-state index contributed by atoms with van der Waals surface area (Å²) < 4.78 is 24.3. The summed E-state index contributed by atoms with van der Waals surface area (Å²) in [5.41, 5.74) is 2.02. The van der Waals surface area contributed by atoms with Crippen molar-refractivity contribution in [3.63, 3.8) is 0 Å². The predicted molar refractivity (Wildman–Crippen MR) is 147 cm³/mol. The predicted octanol–water partition coefficient (Wildman–Crippen LogP) is 3.77. The monoisotopic (exact) mass is 534 g/mol. The van der Waals surface area contributed by atoms with Crippen molar-refractivity contribution in [1.82, 2.24) is 4.57 Å². The number of benzene rings is 2. The highest BCUT2D eigenvalue weighted by atomic mass is 32.1. The summed E-state index contributed by atoms with van der Waals surface area (Å²) in [6.45, 7) is 9.98. The molecule has 2 aromatic carbocycles. The molecule has 0 bridgehead atoms. The third-order valence-corrected chi connectivity index (χ3v) is 6.83. The van der Waals surface area contributed by atoms with Crippen molar-refractivity contribution in [1.29, 1.82) is 0 Å². The molecule has 0 saturated carbocycles. The number of ether oxygens (including phenoxy) is 4. The van der Waals surface area contributed by atoms with E-state index in [-0.39, 0.29) is 12.2 Å². The lowest BCUT2D eigenvalue weighted by molar-refractivity contribution is -0.139. The molecule has 0 fully saturated rings. The quantitative estimate of drug-likeness (QED) is 0.291. The number of methoxy groups -OCH3 is 1. The van der Waals surface area contributed by atoms with E-state index < -0.39 is 12.0 Å². The van der Waals surface area contributed by atoms with Crippen LogP contribution < -0.4 is 29.1 Å². The second-order valence-corrected chi connectivity index (χ2v) is 9.33. The van der Waals surface area contributed by atoms with Crippen LogP contribution in [-0.4, -0.2) is 37.5 Å². The van der Waals surface area contributed by atoms with Gasteiger partial charge in [0, 0.05) is 0 Å². The zero-order valence-corrected chi connectivity index (χ0v) is 22.7. The van der Waals surface area contributed by atoms with Crippen LogP contribution in [0.3, 0.4) is 0 Å². The Morgan fingerprint density at radius 1 is 1.13 bits per heavy atom. The van der Waals surface area contributed by atoms with Crippen LogP contribution in [0, 0.1) is 0 Å². The van der Waals surface area contributed by atoms with Gasteiger partial charge in [-0.25, -0.2) is 9.79 Å². The Hall–Kier alpha value is -4.11. The summed E-state index contributed by atoms with van der Waals surface area (Å²) in [4.78, 5) is 32.1. The van der Waals surface area contributed by atoms with E-state index in [1.165, 1.54) is 11.3 Å². The summed E-state index contributed by atoms with van der Waals surface area (Å²) >= 11 is 1.26. The van der Waals surface area contributed by atoms with Crippen LogP contribution in [0.4, 0.5) is 0 Å². The maximum absolute atomic E-state index is 13.8. The first-order valence-corrected chi connectivity index (χ1v) is 13.1. The van der Waals surface area contributed by atoms with Crippen molar-refractivity contribution in [2.24, 2.45) is 4.99 Å². The Balaban J connectivity index is 1.93. The molecule has 1 aliphatic rings. The number of carbonyl (C=O) groups is 1. The van der Waals surface area contributed by atoms with Crippen LogP contribution in [0.5, 0.6) is 17.2 Å². The van der Waals surface area contributed by atoms with Gasteiger partial charge in [-0.1, -0.05) is 42.2 Å². The molecule has 2 heterocycles. The van der Waals surface area contributed by atoms with Crippen LogP contribution in [0.25, 0.3) is 6.08 Å². The second kappa shape index (κ2) is 12.0. The minimum absolute atomic E-state index is 0.196. The topological polar surface area (TPSA) is 88.4 Å². The minimum atomic E-state index is -0.759. The number of aromatic nitrogens is 1. The molecule has 0 saturated heterocycles. The molecule has 8 nitrogen and oxygen atoms in total. The lowest BCUT2D eigenvalue weighted by atomic mass is 9.95. The number of nitrogens with zero attached hydrogens (tertiary/aromatic N) is 2. The van der Waals surface area contributed by atoms with E-state index in [4.69, 9.17) is 18.9 Å². The number of thiazole rings is 1. The van der Waals surface area contributed by atoms with E-state index >= 15 is 0 Å². The summed E-state index contributed by atoms with van der Waals surface area (Å²) in [5, 5.41) is 0. The Morgan fingerprint density at radius 2 is 1.95 bits per heavy atom. The highest BCUT2D eigenvalue weighted by Crippen LogP contribution is 2.36. The van der Waals surface area contributed by atoms with Crippen molar-refractivity contribution < 1.29 is 23.7 Å². The van der Waals surface area contributed by atoms with Gasteiger partial charge in [0.15, 0.2) is 16.3 Å². The first-order chi connectivity index (χ1) is 18.4. The van der Waals surface area contributed by atoms with Gasteiger partial charge in [0.05, 0.1) is 42.2 Å². The van der Waals surface area contributed by atoms with Gasteiger partial charge in [0.2, 0.25) is 0 Å². The molecule has 1 aromatic heterocycles. The fourth-order valence-corrected chi connectivity index (χ4v) is 5.27. The van der Waals surface area contributed by atoms with Crippen molar-refractivity contribution in [2.45, 2.75) is 26.8 Å². The number of fused-ring (bicyclic) bond motifs is 1. The van der Waals surface area contributed by atoms with Gasteiger partial charge in [-0.3, -0.25) is 9.36 Å². The van der Waals surface area contributed by atoms with Gasteiger partial charge in [-0.15, -0.1) is 0 Å². The molecule has 198 valence electrons. The highest BCUT2D eigenvalue weighted by Gasteiger charge is 2.34. The van der Waals surface area contributed by atoms with Gasteiger partial charge in [0.1, 0.15) is 12.4 Å². The van der Waals surface area contributed by atoms with Gasteiger partial charge in [-0.2, -0.15) is 0 Å². The van der Waals surface area contributed by atoms with Gasteiger partial charge < -0.3 is 18.9 Å². The van der Waals surface area contributed by atoms with E-state index in [9.17, 15) is 9.59 Å². The van der Waals surface area contributed by atoms with Crippen LogP contribution >= 0.6 is 11.3 Å². The molecule has 0 aliphatic carbocycles. The highest BCUT2D eigenvalue weighted by molar-refractivity contribution is 7.07. The van der Waals surface area contributed by atoms with Crippen molar-refractivity contribution in [3.8, 4) is 17.2 Å². The van der Waals surface area contributed by atoms with E-state index in [0.717, 1.165) is 5.56 Å². The molecule has 1 aliphatic heterocycles. The molecule has 0 amide bonds. The number of hydrogen-bond acceptors (Lipinski definition) is 8. The SMILES string of the molecule is C=CCOc1ccc(C2C(C(=O)OCC)=C(C)N=c3s/c(=C\c4cccc(OC)c4)c(=O)n32)cc1OCC.